The molecule has 0 aliphatic heterocycles. The van der Waals surface area contributed by atoms with Crippen molar-refractivity contribution in [3.63, 3.8) is 0 Å². The summed E-state index contributed by atoms with van der Waals surface area (Å²) >= 11 is 1.31. The maximum atomic E-state index is 11.8. The molecular weight excluding hydrogens is 290 g/mol. The summed E-state index contributed by atoms with van der Waals surface area (Å²) in [5, 5.41) is 8.07. The van der Waals surface area contributed by atoms with E-state index < -0.39 is 5.97 Å². The van der Waals surface area contributed by atoms with Crippen molar-refractivity contribution in [1.82, 2.24) is 10.3 Å². The third kappa shape index (κ3) is 4.86. The zero-order valence-electron chi connectivity index (χ0n) is 11.8. The lowest BCUT2D eigenvalue weighted by Crippen LogP contribution is -2.35. The number of hydrogen-bond donors (Lipinski definition) is 2. The van der Waals surface area contributed by atoms with Crippen molar-refractivity contribution in [2.24, 2.45) is 0 Å². The predicted octanol–water partition coefficient (Wildman–Crippen LogP) is 1.96. The normalized spacial score (nSPS) is 14.7. The SMILES string of the molecule is C=CCNc1nc(C(=O)OCC(=O)NC2CCCC2)cs1. The molecule has 2 rings (SSSR count). The molecule has 1 aromatic rings. The van der Waals surface area contributed by atoms with Crippen molar-refractivity contribution in [3.8, 4) is 0 Å². The van der Waals surface area contributed by atoms with Gasteiger partial charge in [0.05, 0.1) is 0 Å². The number of carbonyl (C=O) groups excluding carboxylic acids is 2. The molecule has 1 aliphatic carbocycles. The van der Waals surface area contributed by atoms with Gasteiger partial charge in [-0.25, -0.2) is 9.78 Å². The number of aromatic nitrogens is 1. The maximum Gasteiger partial charge on any atom is 0.358 e. The Hall–Kier alpha value is -1.89. The minimum Gasteiger partial charge on any atom is -0.451 e. The van der Waals surface area contributed by atoms with Gasteiger partial charge < -0.3 is 15.4 Å². The number of ether oxygens (including phenoxy) is 1. The molecule has 1 fully saturated rings. The molecule has 6 nitrogen and oxygen atoms in total. The molecule has 1 aliphatic rings. The van der Waals surface area contributed by atoms with Crippen LogP contribution in [-0.4, -0.2) is 36.1 Å². The fourth-order valence-corrected chi connectivity index (χ4v) is 2.84. The Morgan fingerprint density at radius 2 is 2.24 bits per heavy atom. The molecule has 0 bridgehead atoms. The Balaban J connectivity index is 1.74. The highest BCUT2D eigenvalue weighted by Gasteiger charge is 2.19. The Morgan fingerprint density at radius 3 is 2.95 bits per heavy atom. The third-order valence-corrected chi connectivity index (χ3v) is 3.97. The summed E-state index contributed by atoms with van der Waals surface area (Å²) in [4.78, 5) is 27.5. The number of rotatable bonds is 7. The first kappa shape index (κ1) is 15.5. The lowest BCUT2D eigenvalue weighted by molar-refractivity contribution is -0.124. The van der Waals surface area contributed by atoms with Crippen LogP contribution in [0.25, 0.3) is 0 Å². The van der Waals surface area contributed by atoms with E-state index in [0.29, 0.717) is 11.7 Å². The van der Waals surface area contributed by atoms with Gasteiger partial charge in [-0.3, -0.25) is 4.79 Å². The second-order valence-corrected chi connectivity index (χ2v) is 5.69. The number of anilines is 1. The van der Waals surface area contributed by atoms with Gasteiger partial charge in [-0.2, -0.15) is 0 Å². The molecule has 0 unspecified atom stereocenters. The second kappa shape index (κ2) is 7.78. The quantitative estimate of drug-likeness (QED) is 0.594. The molecule has 7 heteroatoms. The summed E-state index contributed by atoms with van der Waals surface area (Å²) in [6.45, 7) is 3.90. The van der Waals surface area contributed by atoms with Gasteiger partial charge in [-0.15, -0.1) is 17.9 Å². The van der Waals surface area contributed by atoms with Gasteiger partial charge in [-0.05, 0) is 12.8 Å². The molecule has 114 valence electrons. The van der Waals surface area contributed by atoms with Crippen molar-refractivity contribution in [2.45, 2.75) is 31.7 Å². The van der Waals surface area contributed by atoms with Crippen molar-refractivity contribution >= 4 is 28.3 Å². The van der Waals surface area contributed by atoms with Crippen molar-refractivity contribution in [2.75, 3.05) is 18.5 Å². The van der Waals surface area contributed by atoms with Crippen LogP contribution >= 0.6 is 11.3 Å². The minimum absolute atomic E-state index is 0.209. The van der Waals surface area contributed by atoms with E-state index in [-0.39, 0.29) is 24.2 Å². The molecule has 0 atom stereocenters. The molecule has 0 aromatic carbocycles. The van der Waals surface area contributed by atoms with E-state index in [1.807, 2.05) is 0 Å². The first-order chi connectivity index (χ1) is 10.2. The van der Waals surface area contributed by atoms with E-state index in [1.165, 1.54) is 11.3 Å². The van der Waals surface area contributed by atoms with Gasteiger partial charge in [0.25, 0.3) is 5.91 Å². The summed E-state index contributed by atoms with van der Waals surface area (Å²) in [7, 11) is 0. The average molecular weight is 309 g/mol. The van der Waals surface area contributed by atoms with E-state index in [1.54, 1.807) is 11.5 Å². The molecule has 0 saturated heterocycles. The molecule has 1 heterocycles. The Morgan fingerprint density at radius 1 is 1.48 bits per heavy atom. The predicted molar refractivity (Wildman–Crippen MR) is 81.5 cm³/mol. The molecule has 21 heavy (non-hydrogen) atoms. The maximum absolute atomic E-state index is 11.8. The first-order valence-corrected chi connectivity index (χ1v) is 7.84. The summed E-state index contributed by atoms with van der Waals surface area (Å²) in [5.41, 5.74) is 0.209. The number of esters is 1. The molecule has 0 radical (unpaired) electrons. The van der Waals surface area contributed by atoms with Gasteiger partial charge >= 0.3 is 5.97 Å². The summed E-state index contributed by atoms with van der Waals surface area (Å²) in [6.07, 6.45) is 6.00. The topological polar surface area (TPSA) is 80.3 Å². The number of nitrogens with zero attached hydrogens (tertiary/aromatic N) is 1. The van der Waals surface area contributed by atoms with Gasteiger partial charge in [0.15, 0.2) is 17.4 Å². The van der Waals surface area contributed by atoms with Crippen LogP contribution in [-0.2, 0) is 9.53 Å². The fourth-order valence-electron chi connectivity index (χ4n) is 2.15. The lowest BCUT2D eigenvalue weighted by Gasteiger charge is -2.11. The summed E-state index contributed by atoms with van der Waals surface area (Å²) < 4.78 is 4.96. The zero-order valence-corrected chi connectivity index (χ0v) is 12.6. The number of carbonyl (C=O) groups is 2. The van der Waals surface area contributed by atoms with E-state index in [4.69, 9.17) is 4.74 Å². The highest BCUT2D eigenvalue weighted by molar-refractivity contribution is 7.13. The van der Waals surface area contributed by atoms with Gasteiger partial charge in [0, 0.05) is 18.0 Å². The van der Waals surface area contributed by atoms with Crippen LogP contribution in [0, 0.1) is 0 Å². The number of hydrogen-bond acceptors (Lipinski definition) is 6. The van der Waals surface area contributed by atoms with E-state index >= 15 is 0 Å². The van der Waals surface area contributed by atoms with Crippen LogP contribution in [0.5, 0.6) is 0 Å². The van der Waals surface area contributed by atoms with Crippen LogP contribution < -0.4 is 10.6 Å². The van der Waals surface area contributed by atoms with Gasteiger partial charge in [0.2, 0.25) is 0 Å². The largest absolute Gasteiger partial charge is 0.451 e. The van der Waals surface area contributed by atoms with E-state index in [2.05, 4.69) is 22.2 Å². The minimum atomic E-state index is -0.584. The van der Waals surface area contributed by atoms with Crippen LogP contribution in [0.15, 0.2) is 18.0 Å². The van der Waals surface area contributed by atoms with Crippen LogP contribution in [0.4, 0.5) is 5.13 Å². The molecule has 2 N–H and O–H groups in total. The second-order valence-electron chi connectivity index (χ2n) is 4.83. The van der Waals surface area contributed by atoms with Crippen LogP contribution in [0.1, 0.15) is 36.2 Å². The van der Waals surface area contributed by atoms with Crippen molar-refractivity contribution in [3.05, 3.63) is 23.7 Å². The van der Waals surface area contributed by atoms with Crippen molar-refractivity contribution < 1.29 is 14.3 Å². The number of nitrogens with one attached hydrogen (secondary N) is 2. The van der Waals surface area contributed by atoms with E-state index in [0.717, 1.165) is 25.7 Å². The van der Waals surface area contributed by atoms with E-state index in [9.17, 15) is 9.59 Å². The molecule has 1 aromatic heterocycles. The van der Waals surface area contributed by atoms with Gasteiger partial charge in [-0.1, -0.05) is 18.9 Å². The van der Waals surface area contributed by atoms with Crippen LogP contribution in [0.2, 0.25) is 0 Å². The molecular formula is C14H19N3O3S. The lowest BCUT2D eigenvalue weighted by atomic mass is 10.2. The average Bonchev–Trinajstić information content (AvgIpc) is 3.14. The third-order valence-electron chi connectivity index (χ3n) is 3.17. The van der Waals surface area contributed by atoms with Crippen LogP contribution in [0.3, 0.4) is 0 Å². The molecule has 1 amide bonds. The molecule has 1 saturated carbocycles. The fraction of sp³-hybridized carbons (Fsp3) is 0.500. The zero-order chi connectivity index (χ0) is 15.1. The monoisotopic (exact) mass is 309 g/mol. The Labute approximate surface area is 127 Å². The molecule has 0 spiro atoms. The number of amides is 1. The smallest absolute Gasteiger partial charge is 0.358 e. The highest BCUT2D eigenvalue weighted by Crippen LogP contribution is 2.18. The first-order valence-electron chi connectivity index (χ1n) is 6.96. The Bertz CT molecular complexity index is 509. The number of thiazole rings is 1. The summed E-state index contributed by atoms with van der Waals surface area (Å²) in [5.74, 6) is -0.838. The van der Waals surface area contributed by atoms with Crippen molar-refractivity contribution in [1.29, 1.82) is 0 Å². The van der Waals surface area contributed by atoms with Gasteiger partial charge in [0.1, 0.15) is 0 Å². The standard InChI is InChI=1S/C14H19N3O3S/c1-2-7-15-14-17-11(9-21-14)13(19)20-8-12(18)16-10-5-3-4-6-10/h2,9-10H,1,3-8H2,(H,15,17)(H,16,18). The Kier molecular flexibility index (Phi) is 5.74. The highest BCUT2D eigenvalue weighted by atomic mass is 32.1. The summed E-state index contributed by atoms with van der Waals surface area (Å²) in [6, 6.07) is 0.227.